The molecule has 0 saturated heterocycles. The topological polar surface area (TPSA) is 88.9 Å². The molecule has 0 atom stereocenters. The SMILES string of the molecule is CC(C)c1nc(SCC(=O)NC(=O)NC2CC2)nn1-c1ccccc1. The molecule has 1 aliphatic carbocycles. The third-order valence-corrected chi connectivity index (χ3v) is 4.47. The first kappa shape index (κ1) is 17.5. The summed E-state index contributed by atoms with van der Waals surface area (Å²) < 4.78 is 1.80. The molecule has 0 radical (unpaired) electrons. The lowest BCUT2D eigenvalue weighted by atomic mass is 10.2. The fourth-order valence-corrected chi connectivity index (χ4v) is 2.87. The molecule has 1 aliphatic rings. The summed E-state index contributed by atoms with van der Waals surface area (Å²) in [4.78, 5) is 28.0. The number of aromatic nitrogens is 3. The van der Waals surface area contributed by atoms with Gasteiger partial charge in [-0.1, -0.05) is 43.8 Å². The highest BCUT2D eigenvalue weighted by Crippen LogP contribution is 2.22. The van der Waals surface area contributed by atoms with E-state index in [0.29, 0.717) is 5.16 Å². The molecule has 1 heterocycles. The van der Waals surface area contributed by atoms with Crippen LogP contribution >= 0.6 is 11.8 Å². The molecule has 0 bridgehead atoms. The van der Waals surface area contributed by atoms with Crippen LogP contribution in [0.5, 0.6) is 0 Å². The second-order valence-electron chi connectivity index (χ2n) is 6.24. The Morgan fingerprint density at radius 1 is 1.28 bits per heavy atom. The first-order chi connectivity index (χ1) is 12.0. The zero-order valence-corrected chi connectivity index (χ0v) is 15.0. The van der Waals surface area contributed by atoms with Crippen LogP contribution in [0.3, 0.4) is 0 Å². The largest absolute Gasteiger partial charge is 0.335 e. The van der Waals surface area contributed by atoms with Crippen LogP contribution in [0.2, 0.25) is 0 Å². The summed E-state index contributed by atoms with van der Waals surface area (Å²) in [5.74, 6) is 0.764. The Morgan fingerprint density at radius 2 is 2.00 bits per heavy atom. The monoisotopic (exact) mass is 359 g/mol. The van der Waals surface area contributed by atoms with Gasteiger partial charge in [0.25, 0.3) is 0 Å². The molecule has 132 valence electrons. The predicted octanol–water partition coefficient (Wildman–Crippen LogP) is 2.47. The fourth-order valence-electron chi connectivity index (χ4n) is 2.24. The van der Waals surface area contributed by atoms with Crippen molar-refractivity contribution < 1.29 is 9.59 Å². The Labute approximate surface area is 150 Å². The normalized spacial score (nSPS) is 13.7. The molecule has 2 aromatic rings. The maximum atomic E-state index is 11.9. The van der Waals surface area contributed by atoms with E-state index in [9.17, 15) is 9.59 Å². The summed E-state index contributed by atoms with van der Waals surface area (Å²) in [7, 11) is 0. The van der Waals surface area contributed by atoms with Crippen LogP contribution in [0.4, 0.5) is 4.79 Å². The van der Waals surface area contributed by atoms with Crippen molar-refractivity contribution in [2.45, 2.75) is 43.8 Å². The van der Waals surface area contributed by atoms with E-state index in [1.54, 1.807) is 4.68 Å². The number of carbonyl (C=O) groups excluding carboxylic acids is 2. The number of benzene rings is 1. The number of hydrogen-bond donors (Lipinski definition) is 2. The molecular weight excluding hydrogens is 338 g/mol. The lowest BCUT2D eigenvalue weighted by molar-refractivity contribution is -0.117. The summed E-state index contributed by atoms with van der Waals surface area (Å²) in [5, 5.41) is 10.1. The number of carbonyl (C=O) groups is 2. The van der Waals surface area contributed by atoms with Gasteiger partial charge in [0.15, 0.2) is 0 Å². The molecule has 1 saturated carbocycles. The van der Waals surface area contributed by atoms with E-state index in [2.05, 4.69) is 20.7 Å². The van der Waals surface area contributed by atoms with Gasteiger partial charge in [0.1, 0.15) is 5.82 Å². The number of imide groups is 1. The zero-order valence-electron chi connectivity index (χ0n) is 14.2. The van der Waals surface area contributed by atoms with Crippen molar-refractivity contribution in [3.63, 3.8) is 0 Å². The van der Waals surface area contributed by atoms with Gasteiger partial charge in [-0.05, 0) is 25.0 Å². The highest BCUT2D eigenvalue weighted by molar-refractivity contribution is 7.99. The van der Waals surface area contributed by atoms with Crippen LogP contribution in [-0.2, 0) is 4.79 Å². The van der Waals surface area contributed by atoms with Crippen molar-refractivity contribution in [3.05, 3.63) is 36.2 Å². The van der Waals surface area contributed by atoms with Gasteiger partial charge in [-0.3, -0.25) is 10.1 Å². The van der Waals surface area contributed by atoms with Crippen LogP contribution < -0.4 is 10.6 Å². The number of urea groups is 1. The van der Waals surface area contributed by atoms with Crippen LogP contribution in [0.1, 0.15) is 38.4 Å². The Morgan fingerprint density at radius 3 is 2.64 bits per heavy atom. The number of thioether (sulfide) groups is 1. The minimum absolute atomic E-state index is 0.0917. The number of para-hydroxylation sites is 1. The summed E-state index contributed by atoms with van der Waals surface area (Å²) >= 11 is 1.22. The standard InChI is InChI=1S/C17H21N5O2S/c1-11(2)15-20-17(21-22(15)13-6-4-3-5-7-13)25-10-14(23)19-16(24)18-12-8-9-12/h3-7,11-12H,8-10H2,1-2H3,(H2,18,19,23,24). The minimum atomic E-state index is -0.432. The Kier molecular flexibility index (Phi) is 5.37. The smallest absolute Gasteiger partial charge is 0.321 e. The third kappa shape index (κ3) is 4.82. The van der Waals surface area contributed by atoms with Crippen molar-refractivity contribution in [2.75, 3.05) is 5.75 Å². The van der Waals surface area contributed by atoms with E-state index in [0.717, 1.165) is 24.4 Å². The lowest BCUT2D eigenvalue weighted by Gasteiger charge is -2.07. The number of hydrogen-bond acceptors (Lipinski definition) is 5. The average molecular weight is 359 g/mol. The van der Waals surface area contributed by atoms with Gasteiger partial charge in [-0.2, -0.15) is 0 Å². The van der Waals surface area contributed by atoms with E-state index < -0.39 is 6.03 Å². The zero-order chi connectivity index (χ0) is 17.8. The van der Waals surface area contributed by atoms with Crippen LogP contribution in [0, 0.1) is 0 Å². The van der Waals surface area contributed by atoms with Gasteiger partial charge in [0, 0.05) is 12.0 Å². The summed E-state index contributed by atoms with van der Waals surface area (Å²) in [6, 6.07) is 9.55. The first-order valence-corrected chi connectivity index (χ1v) is 9.27. The van der Waals surface area contributed by atoms with Gasteiger partial charge in [-0.25, -0.2) is 14.5 Å². The van der Waals surface area contributed by atoms with E-state index in [1.807, 2.05) is 44.2 Å². The van der Waals surface area contributed by atoms with E-state index >= 15 is 0 Å². The molecule has 0 unspecified atom stereocenters. The van der Waals surface area contributed by atoms with Crippen molar-refractivity contribution in [1.82, 2.24) is 25.4 Å². The maximum absolute atomic E-state index is 11.9. The van der Waals surface area contributed by atoms with Crippen LogP contribution in [0.15, 0.2) is 35.5 Å². The number of amides is 3. The summed E-state index contributed by atoms with van der Waals surface area (Å²) in [6.07, 6.45) is 1.96. The predicted molar refractivity (Wildman–Crippen MR) is 95.9 cm³/mol. The van der Waals surface area contributed by atoms with Gasteiger partial charge in [-0.15, -0.1) is 5.10 Å². The molecule has 1 fully saturated rings. The van der Waals surface area contributed by atoms with Crippen molar-refractivity contribution in [1.29, 1.82) is 0 Å². The lowest BCUT2D eigenvalue weighted by Crippen LogP contribution is -2.41. The van der Waals surface area contributed by atoms with E-state index in [-0.39, 0.29) is 23.6 Å². The number of nitrogens with one attached hydrogen (secondary N) is 2. The molecule has 7 nitrogen and oxygen atoms in total. The van der Waals surface area contributed by atoms with Gasteiger partial charge in [0.05, 0.1) is 11.4 Å². The second kappa shape index (κ2) is 7.69. The van der Waals surface area contributed by atoms with Crippen molar-refractivity contribution in [2.24, 2.45) is 0 Å². The number of nitrogens with zero attached hydrogens (tertiary/aromatic N) is 3. The Bertz CT molecular complexity index is 756. The molecule has 0 aliphatic heterocycles. The Hall–Kier alpha value is -2.35. The van der Waals surface area contributed by atoms with E-state index in [4.69, 9.17) is 0 Å². The molecule has 1 aromatic carbocycles. The quantitative estimate of drug-likeness (QED) is 0.774. The summed E-state index contributed by atoms with van der Waals surface area (Å²) in [5.41, 5.74) is 0.929. The molecule has 0 spiro atoms. The van der Waals surface area contributed by atoms with E-state index in [1.165, 1.54) is 11.8 Å². The molecule has 2 N–H and O–H groups in total. The molecule has 8 heteroatoms. The number of rotatable bonds is 6. The van der Waals surface area contributed by atoms with Crippen LogP contribution in [0.25, 0.3) is 5.69 Å². The third-order valence-electron chi connectivity index (χ3n) is 3.63. The van der Waals surface area contributed by atoms with Gasteiger partial charge >= 0.3 is 6.03 Å². The van der Waals surface area contributed by atoms with Crippen molar-refractivity contribution in [3.8, 4) is 5.69 Å². The highest BCUT2D eigenvalue weighted by Gasteiger charge is 2.24. The van der Waals surface area contributed by atoms with Gasteiger partial charge < -0.3 is 5.32 Å². The molecule has 1 aromatic heterocycles. The van der Waals surface area contributed by atoms with Crippen LogP contribution in [-0.4, -0.2) is 38.5 Å². The van der Waals surface area contributed by atoms with Crippen molar-refractivity contribution >= 4 is 23.7 Å². The Balaban J connectivity index is 1.62. The fraction of sp³-hybridized carbons (Fsp3) is 0.412. The maximum Gasteiger partial charge on any atom is 0.321 e. The first-order valence-electron chi connectivity index (χ1n) is 8.28. The van der Waals surface area contributed by atoms with Gasteiger partial charge in [0.2, 0.25) is 11.1 Å². The molecule has 25 heavy (non-hydrogen) atoms. The second-order valence-corrected chi connectivity index (χ2v) is 7.18. The summed E-state index contributed by atoms with van der Waals surface area (Å²) in [6.45, 7) is 4.10. The molecule has 3 rings (SSSR count). The average Bonchev–Trinajstić information content (AvgIpc) is 3.28. The highest BCUT2D eigenvalue weighted by atomic mass is 32.2. The molecular formula is C17H21N5O2S. The molecule has 3 amide bonds. The minimum Gasteiger partial charge on any atom is -0.335 e.